The van der Waals surface area contributed by atoms with Gasteiger partial charge in [-0.1, -0.05) is 35.4 Å². The molecule has 0 aliphatic heterocycles. The molecule has 4 nitrogen and oxygen atoms in total. The number of hydrogen-bond donors (Lipinski definition) is 3. The molecule has 1 aromatic carbocycles. The first-order chi connectivity index (χ1) is 9.54. The third-order valence-electron chi connectivity index (χ3n) is 2.60. The summed E-state index contributed by atoms with van der Waals surface area (Å²) in [6.07, 6.45) is 3.30. The Morgan fingerprint density at radius 1 is 1.35 bits per heavy atom. The summed E-state index contributed by atoms with van der Waals surface area (Å²) in [5, 5.41) is 16.3. The van der Waals surface area contributed by atoms with Crippen LogP contribution in [-0.4, -0.2) is 22.1 Å². The van der Waals surface area contributed by atoms with Crippen molar-refractivity contribution in [3.05, 3.63) is 46.2 Å². The largest absolute Gasteiger partial charge is 0.504 e. The van der Waals surface area contributed by atoms with Crippen molar-refractivity contribution < 1.29 is 5.11 Å². The molecule has 20 heavy (non-hydrogen) atoms. The van der Waals surface area contributed by atoms with Crippen LogP contribution >= 0.6 is 35.4 Å². The molecular formula is C13H11Cl2N3OS. The zero-order chi connectivity index (χ0) is 14.7. The van der Waals surface area contributed by atoms with Crippen molar-refractivity contribution in [3.8, 4) is 5.75 Å². The molecule has 2 aromatic rings. The molecule has 0 bridgehead atoms. The van der Waals surface area contributed by atoms with Crippen LogP contribution in [-0.2, 0) is 0 Å². The lowest BCUT2D eigenvalue weighted by molar-refractivity contribution is 0.478. The van der Waals surface area contributed by atoms with E-state index >= 15 is 0 Å². The van der Waals surface area contributed by atoms with Crippen molar-refractivity contribution in [1.29, 1.82) is 0 Å². The fourth-order valence-corrected chi connectivity index (χ4v) is 2.65. The maximum Gasteiger partial charge on any atom is 0.158 e. The van der Waals surface area contributed by atoms with Gasteiger partial charge in [0.1, 0.15) is 4.99 Å². The summed E-state index contributed by atoms with van der Waals surface area (Å²) >= 11 is 17.4. The zero-order valence-electron chi connectivity index (χ0n) is 10.4. The van der Waals surface area contributed by atoms with Crippen molar-refractivity contribution in [1.82, 2.24) is 4.98 Å². The molecule has 7 heteroatoms. The van der Waals surface area contributed by atoms with E-state index in [0.29, 0.717) is 21.3 Å². The summed E-state index contributed by atoms with van der Waals surface area (Å²) in [5.41, 5.74) is 1.59. The fraction of sp³-hybridized carbons (Fsp3) is 0.0769. The normalized spacial score (nSPS) is 10.2. The second-order valence-electron chi connectivity index (χ2n) is 3.88. The monoisotopic (exact) mass is 327 g/mol. The highest BCUT2D eigenvalue weighted by atomic mass is 35.5. The summed E-state index contributed by atoms with van der Waals surface area (Å²) in [5.74, 6) is -0.0936. The number of thiocarbonyl (C=S) groups is 1. The summed E-state index contributed by atoms with van der Waals surface area (Å²) in [4.78, 5) is 4.35. The van der Waals surface area contributed by atoms with E-state index in [1.165, 1.54) is 6.07 Å². The second kappa shape index (κ2) is 6.26. The molecule has 0 aliphatic carbocycles. The molecule has 0 spiro atoms. The maximum atomic E-state index is 9.96. The Balaban J connectivity index is 2.42. The van der Waals surface area contributed by atoms with Crippen LogP contribution in [0.3, 0.4) is 0 Å². The van der Waals surface area contributed by atoms with E-state index in [-0.39, 0.29) is 10.8 Å². The lowest BCUT2D eigenvalue weighted by Gasteiger charge is -2.16. The van der Waals surface area contributed by atoms with Crippen LogP contribution in [0.25, 0.3) is 0 Å². The van der Waals surface area contributed by atoms with Gasteiger partial charge in [0.15, 0.2) is 5.75 Å². The van der Waals surface area contributed by atoms with Gasteiger partial charge in [0.05, 0.1) is 33.2 Å². The van der Waals surface area contributed by atoms with Gasteiger partial charge in [-0.2, -0.15) is 0 Å². The van der Waals surface area contributed by atoms with Crippen LogP contribution in [0.15, 0.2) is 30.6 Å². The number of halogens is 2. The van der Waals surface area contributed by atoms with Gasteiger partial charge in [-0.25, -0.2) is 0 Å². The Morgan fingerprint density at radius 2 is 2.10 bits per heavy atom. The van der Waals surface area contributed by atoms with Gasteiger partial charge in [-0.3, -0.25) is 4.98 Å². The highest BCUT2D eigenvalue weighted by molar-refractivity contribution is 7.81. The Kier molecular flexibility index (Phi) is 4.65. The number of aromatic nitrogens is 1. The van der Waals surface area contributed by atoms with E-state index < -0.39 is 0 Å². The molecule has 0 aliphatic rings. The number of phenols is 1. The van der Waals surface area contributed by atoms with Crippen LogP contribution in [0.5, 0.6) is 5.75 Å². The van der Waals surface area contributed by atoms with Crippen LogP contribution < -0.4 is 10.6 Å². The molecule has 0 atom stereocenters. The molecule has 0 amide bonds. The number of nitrogens with one attached hydrogen (secondary N) is 2. The molecule has 2 rings (SSSR count). The lowest BCUT2D eigenvalue weighted by Crippen LogP contribution is -2.13. The molecule has 3 N–H and O–H groups in total. The van der Waals surface area contributed by atoms with E-state index in [2.05, 4.69) is 15.6 Å². The standard InChI is InChI=1S/C13H11Cl2N3OS/c1-16-11-10(8(14)5-9(15)12(11)19)13(20)18-7-3-2-4-17-6-7/h2-6,16,19H,1H3,(H,18,20). The third kappa shape index (κ3) is 2.95. The summed E-state index contributed by atoms with van der Waals surface area (Å²) < 4.78 is 0. The Bertz CT molecular complexity index is 650. The van der Waals surface area contributed by atoms with Gasteiger partial charge in [0, 0.05) is 13.2 Å². The lowest BCUT2D eigenvalue weighted by atomic mass is 10.1. The van der Waals surface area contributed by atoms with Gasteiger partial charge in [-0.05, 0) is 18.2 Å². The van der Waals surface area contributed by atoms with Crippen molar-refractivity contribution in [2.75, 3.05) is 17.7 Å². The van der Waals surface area contributed by atoms with Crippen molar-refractivity contribution >= 4 is 51.8 Å². The van der Waals surface area contributed by atoms with Gasteiger partial charge in [0.2, 0.25) is 0 Å². The third-order valence-corrected chi connectivity index (χ3v) is 3.49. The number of aromatic hydroxyl groups is 1. The highest BCUT2D eigenvalue weighted by Gasteiger charge is 2.18. The van der Waals surface area contributed by atoms with Crippen LogP contribution in [0.1, 0.15) is 5.56 Å². The average Bonchev–Trinajstić information content (AvgIpc) is 2.43. The minimum atomic E-state index is -0.0936. The molecule has 1 aromatic heterocycles. The summed E-state index contributed by atoms with van der Waals surface area (Å²) in [6, 6.07) is 5.05. The predicted molar refractivity (Wildman–Crippen MR) is 87.2 cm³/mol. The SMILES string of the molecule is CNc1c(O)c(Cl)cc(Cl)c1C(=S)Nc1cccnc1. The number of rotatable bonds is 3. The highest BCUT2D eigenvalue weighted by Crippen LogP contribution is 2.39. The first-order valence-electron chi connectivity index (χ1n) is 5.64. The molecule has 1 heterocycles. The van der Waals surface area contributed by atoms with Gasteiger partial charge in [0.25, 0.3) is 0 Å². The number of benzene rings is 1. The Labute approximate surface area is 131 Å². The minimum Gasteiger partial charge on any atom is -0.504 e. The topological polar surface area (TPSA) is 57.2 Å². The van der Waals surface area contributed by atoms with Gasteiger partial charge >= 0.3 is 0 Å². The van der Waals surface area contributed by atoms with Gasteiger partial charge < -0.3 is 15.7 Å². The quantitative estimate of drug-likeness (QED) is 0.589. The van der Waals surface area contributed by atoms with Crippen LogP contribution in [0.4, 0.5) is 11.4 Å². The van der Waals surface area contributed by atoms with E-state index in [9.17, 15) is 5.11 Å². The Hall–Kier alpha value is -1.56. The first kappa shape index (κ1) is 14.8. The van der Waals surface area contributed by atoms with Gasteiger partial charge in [-0.15, -0.1) is 0 Å². The molecule has 104 valence electrons. The molecule has 0 fully saturated rings. The van der Waals surface area contributed by atoms with E-state index in [1.54, 1.807) is 25.5 Å². The van der Waals surface area contributed by atoms with Crippen LogP contribution in [0, 0.1) is 0 Å². The van der Waals surface area contributed by atoms with E-state index in [0.717, 1.165) is 5.69 Å². The Morgan fingerprint density at radius 3 is 2.70 bits per heavy atom. The minimum absolute atomic E-state index is 0.0936. The maximum absolute atomic E-state index is 9.96. The molecule has 0 radical (unpaired) electrons. The molecular weight excluding hydrogens is 317 g/mol. The number of hydrogen-bond acceptors (Lipinski definition) is 4. The average molecular weight is 328 g/mol. The molecule has 0 saturated carbocycles. The van der Waals surface area contributed by atoms with Crippen molar-refractivity contribution in [3.63, 3.8) is 0 Å². The molecule has 0 saturated heterocycles. The smallest absolute Gasteiger partial charge is 0.158 e. The first-order valence-corrected chi connectivity index (χ1v) is 6.81. The van der Waals surface area contributed by atoms with Crippen molar-refractivity contribution in [2.24, 2.45) is 0 Å². The van der Waals surface area contributed by atoms with E-state index in [4.69, 9.17) is 35.4 Å². The summed E-state index contributed by atoms with van der Waals surface area (Å²) in [6.45, 7) is 0. The number of pyridine rings is 1. The van der Waals surface area contributed by atoms with E-state index in [1.807, 2.05) is 6.07 Å². The number of nitrogens with zero attached hydrogens (tertiary/aromatic N) is 1. The second-order valence-corrected chi connectivity index (χ2v) is 5.11. The fourth-order valence-electron chi connectivity index (χ4n) is 1.70. The number of anilines is 2. The zero-order valence-corrected chi connectivity index (χ0v) is 12.8. The predicted octanol–water partition coefficient (Wildman–Crippen LogP) is 3.92. The molecule has 0 unspecified atom stereocenters. The van der Waals surface area contributed by atoms with Crippen LogP contribution in [0.2, 0.25) is 10.0 Å². The van der Waals surface area contributed by atoms with Crippen molar-refractivity contribution in [2.45, 2.75) is 0 Å². The number of phenolic OH excluding ortho intramolecular Hbond substituents is 1. The summed E-state index contributed by atoms with van der Waals surface area (Å²) in [7, 11) is 1.65.